The van der Waals surface area contributed by atoms with E-state index < -0.39 is 10.1 Å². The first-order valence-electron chi connectivity index (χ1n) is 17.6. The molecule has 5 aromatic rings. The Balaban J connectivity index is 0.991. The van der Waals surface area contributed by atoms with Gasteiger partial charge in [-0.1, -0.05) is 50.1 Å². The molecule has 0 radical (unpaired) electrons. The number of nitrogens with one attached hydrogen (secondary N) is 2. The quantitative estimate of drug-likeness (QED) is 0.148. The highest BCUT2D eigenvalue weighted by molar-refractivity contribution is 7.86. The predicted octanol–water partition coefficient (Wildman–Crippen LogP) is 6.76. The van der Waals surface area contributed by atoms with Gasteiger partial charge in [0.15, 0.2) is 11.6 Å². The van der Waals surface area contributed by atoms with E-state index in [-0.39, 0.29) is 17.2 Å². The van der Waals surface area contributed by atoms with Crippen molar-refractivity contribution in [2.24, 2.45) is 0 Å². The maximum Gasteiger partial charge on any atom is 0.324 e. The Morgan fingerprint density at radius 3 is 2.45 bits per heavy atom. The minimum atomic E-state index is -3.75. The number of ether oxygens (including phenoxy) is 1. The molecule has 0 atom stereocenters. The number of urea groups is 1. The monoisotopic (exact) mass is 758 g/mol. The summed E-state index contributed by atoms with van der Waals surface area (Å²) in [5, 5.41) is 20.2. The molecule has 0 spiro atoms. The minimum Gasteiger partial charge on any atom is -0.492 e. The van der Waals surface area contributed by atoms with Crippen LogP contribution in [0.5, 0.6) is 11.5 Å². The van der Waals surface area contributed by atoms with E-state index in [1.54, 1.807) is 16.8 Å². The molecule has 0 bridgehead atoms. The number of halogens is 1. The van der Waals surface area contributed by atoms with Crippen LogP contribution in [0.4, 0.5) is 16.3 Å². The summed E-state index contributed by atoms with van der Waals surface area (Å²) >= 11 is 6.25. The fourth-order valence-electron chi connectivity index (χ4n) is 6.71. The number of fused-ring (bicyclic) bond motifs is 2. The molecule has 0 fully saturated rings. The first-order chi connectivity index (χ1) is 25.2. The van der Waals surface area contributed by atoms with E-state index in [2.05, 4.69) is 46.5 Å². The van der Waals surface area contributed by atoms with Crippen LogP contribution in [-0.2, 0) is 41.5 Å². The lowest BCUT2D eigenvalue weighted by Crippen LogP contribution is -2.36. The molecule has 2 N–H and O–H groups in total. The van der Waals surface area contributed by atoms with Crippen LogP contribution in [0.25, 0.3) is 17.1 Å². The van der Waals surface area contributed by atoms with Gasteiger partial charge in [0.25, 0.3) is 0 Å². The fourth-order valence-corrected chi connectivity index (χ4v) is 7.35. The van der Waals surface area contributed by atoms with Crippen molar-refractivity contribution in [2.45, 2.75) is 65.5 Å². The van der Waals surface area contributed by atoms with Gasteiger partial charge < -0.3 is 18.8 Å². The van der Waals surface area contributed by atoms with Crippen molar-refractivity contribution in [1.82, 2.24) is 29.4 Å². The Morgan fingerprint density at radius 2 is 1.70 bits per heavy atom. The molecule has 53 heavy (non-hydrogen) atoms. The Hall–Kier alpha value is -4.92. The molecular formula is C38H43ClN8O5S. The van der Waals surface area contributed by atoms with E-state index in [4.69, 9.17) is 25.6 Å². The molecule has 1 aliphatic carbocycles. The molecule has 7 rings (SSSR count). The lowest BCUT2D eigenvalue weighted by atomic mass is 9.92. The fraction of sp³-hybridized carbons (Fsp3) is 0.368. The summed E-state index contributed by atoms with van der Waals surface area (Å²) in [6, 6.07) is 18.2. The van der Waals surface area contributed by atoms with Crippen LogP contribution in [0.2, 0.25) is 5.02 Å². The van der Waals surface area contributed by atoms with Crippen molar-refractivity contribution >= 4 is 39.3 Å². The zero-order valence-electron chi connectivity index (χ0n) is 30.4. The Labute approximate surface area is 314 Å². The van der Waals surface area contributed by atoms with Gasteiger partial charge in [0.2, 0.25) is 0 Å². The van der Waals surface area contributed by atoms with Crippen LogP contribution in [0.15, 0.2) is 60.7 Å². The molecular weight excluding hydrogens is 716 g/mol. The molecule has 3 aromatic carbocycles. The smallest absolute Gasteiger partial charge is 0.324 e. The SMILES string of the molecule is Cc1ccc(-n2nc(C(C)(C)C)cc2NC(=O)Nc2ccc(OCCN3CCn4c(nnc4-c4cc(Cl)ccc4OS(C)(=O)=O)C3)c3c2CCC3)cc1. The summed E-state index contributed by atoms with van der Waals surface area (Å²) in [4.78, 5) is 15.7. The number of aromatic nitrogens is 5. The zero-order valence-corrected chi connectivity index (χ0v) is 32.0. The number of hydrogen-bond donors (Lipinski definition) is 2. The van der Waals surface area contributed by atoms with E-state index in [0.717, 1.165) is 77.4 Å². The highest BCUT2D eigenvalue weighted by Crippen LogP contribution is 2.37. The predicted molar refractivity (Wildman–Crippen MR) is 205 cm³/mol. The number of rotatable bonds is 10. The van der Waals surface area contributed by atoms with Crippen LogP contribution in [0, 0.1) is 6.92 Å². The Morgan fingerprint density at radius 1 is 0.943 bits per heavy atom. The maximum atomic E-state index is 13.4. The normalized spacial score (nSPS) is 14.5. The summed E-state index contributed by atoms with van der Waals surface area (Å²) in [6.07, 6.45) is 3.71. The first kappa shape index (κ1) is 36.4. The van der Waals surface area contributed by atoms with Gasteiger partial charge in [-0.3, -0.25) is 10.2 Å². The lowest BCUT2D eigenvalue weighted by Gasteiger charge is -2.28. The molecule has 2 aromatic heterocycles. The standard InChI is InChI=1S/C38H43ClN8O5S/c1-24-9-12-26(13-10-24)47-34(22-33(44-47)38(2,3)4)41-37(48)40-30-14-16-31(28-8-6-7-27(28)30)51-20-19-45-17-18-46-35(23-45)42-43-36(46)29-21-25(39)11-15-32(29)52-53(5,49)50/h9-16,21-22H,6-8,17-20,23H2,1-5H3,(H2,40,41,48). The molecule has 2 aliphatic rings. The molecule has 3 heterocycles. The number of carbonyl (C=O) groups excluding carboxylic acids is 1. The number of carbonyl (C=O) groups is 1. The number of hydrogen-bond acceptors (Lipinski definition) is 9. The van der Waals surface area contributed by atoms with Crippen LogP contribution in [0.3, 0.4) is 0 Å². The van der Waals surface area contributed by atoms with Crippen molar-refractivity contribution in [3.63, 3.8) is 0 Å². The molecule has 2 amide bonds. The van der Waals surface area contributed by atoms with Gasteiger partial charge in [-0.05, 0) is 79.8 Å². The molecule has 1 aliphatic heterocycles. The molecule has 15 heteroatoms. The molecule has 278 valence electrons. The van der Waals surface area contributed by atoms with Gasteiger partial charge in [-0.2, -0.15) is 13.5 Å². The maximum absolute atomic E-state index is 13.4. The Kier molecular flexibility index (Phi) is 9.96. The number of nitrogens with zero attached hydrogens (tertiary/aromatic N) is 6. The zero-order chi connectivity index (χ0) is 37.5. The summed E-state index contributed by atoms with van der Waals surface area (Å²) in [7, 11) is -3.75. The molecule has 0 saturated heterocycles. The third-order valence-electron chi connectivity index (χ3n) is 9.41. The largest absolute Gasteiger partial charge is 0.492 e. The van der Waals surface area contributed by atoms with Crippen molar-refractivity contribution in [1.29, 1.82) is 0 Å². The van der Waals surface area contributed by atoms with Gasteiger partial charge >= 0.3 is 16.1 Å². The second kappa shape index (κ2) is 14.5. The highest BCUT2D eigenvalue weighted by atomic mass is 35.5. The van der Waals surface area contributed by atoms with Crippen molar-refractivity contribution < 1.29 is 22.1 Å². The van der Waals surface area contributed by atoms with Crippen LogP contribution < -0.4 is 19.6 Å². The second-order valence-electron chi connectivity index (χ2n) is 14.6. The Bertz CT molecular complexity index is 2280. The van der Waals surface area contributed by atoms with Gasteiger partial charge in [0, 0.05) is 41.8 Å². The van der Waals surface area contributed by atoms with Gasteiger partial charge in [0.1, 0.15) is 24.0 Å². The van der Waals surface area contributed by atoms with E-state index >= 15 is 0 Å². The molecule has 13 nitrogen and oxygen atoms in total. The second-order valence-corrected chi connectivity index (χ2v) is 16.6. The van der Waals surface area contributed by atoms with E-state index in [1.165, 1.54) is 6.07 Å². The number of aryl methyl sites for hydroxylation is 1. The van der Waals surface area contributed by atoms with E-state index in [0.29, 0.717) is 48.5 Å². The van der Waals surface area contributed by atoms with E-state index in [1.807, 2.05) is 54.0 Å². The highest BCUT2D eigenvalue weighted by Gasteiger charge is 2.26. The summed E-state index contributed by atoms with van der Waals surface area (Å²) in [5.41, 5.74) is 6.15. The van der Waals surface area contributed by atoms with E-state index in [9.17, 15) is 13.2 Å². The summed E-state index contributed by atoms with van der Waals surface area (Å²) in [6.45, 7) is 11.4. The minimum absolute atomic E-state index is 0.151. The van der Waals surface area contributed by atoms with Crippen molar-refractivity contribution in [3.8, 4) is 28.6 Å². The number of anilines is 2. The number of amides is 2. The average Bonchev–Trinajstić information content (AvgIpc) is 3.85. The third-order valence-corrected chi connectivity index (χ3v) is 10.1. The van der Waals surface area contributed by atoms with Crippen LogP contribution >= 0.6 is 11.6 Å². The van der Waals surface area contributed by atoms with Gasteiger partial charge in [-0.15, -0.1) is 10.2 Å². The molecule has 0 unspecified atom stereocenters. The van der Waals surface area contributed by atoms with Crippen LogP contribution in [-0.4, -0.2) is 69.8 Å². The lowest BCUT2D eigenvalue weighted by molar-refractivity contribution is 0.174. The summed E-state index contributed by atoms with van der Waals surface area (Å²) in [5.74, 6) is 2.83. The van der Waals surface area contributed by atoms with Crippen molar-refractivity contribution in [2.75, 3.05) is 36.6 Å². The van der Waals surface area contributed by atoms with Crippen molar-refractivity contribution in [3.05, 3.63) is 93.9 Å². The molecule has 0 saturated carbocycles. The third kappa shape index (κ3) is 8.19. The summed E-state index contributed by atoms with van der Waals surface area (Å²) < 4.78 is 39.0. The van der Waals surface area contributed by atoms with Gasteiger partial charge in [0.05, 0.1) is 29.7 Å². The average molecular weight is 759 g/mol. The topological polar surface area (TPSA) is 146 Å². The first-order valence-corrected chi connectivity index (χ1v) is 19.8. The van der Waals surface area contributed by atoms with Gasteiger partial charge in [-0.25, -0.2) is 9.48 Å². The number of benzene rings is 3. The van der Waals surface area contributed by atoms with Crippen LogP contribution in [0.1, 0.15) is 55.4 Å².